The average molecular weight is 315 g/mol. The Morgan fingerprint density at radius 2 is 2.12 bits per heavy atom. The maximum absolute atomic E-state index is 12.2. The predicted molar refractivity (Wildman–Crippen MR) is 76.5 cm³/mol. The van der Waals surface area contributed by atoms with Gasteiger partial charge in [-0.2, -0.15) is 0 Å². The number of hydrogen-bond donors (Lipinski definition) is 0. The third-order valence-corrected chi connectivity index (χ3v) is 5.75. The van der Waals surface area contributed by atoms with Crippen LogP contribution in [0.25, 0.3) is 0 Å². The molecule has 0 saturated heterocycles. The van der Waals surface area contributed by atoms with E-state index in [4.69, 9.17) is 0 Å². The smallest absolute Gasteiger partial charge is 0.141 e. The van der Waals surface area contributed by atoms with Crippen molar-refractivity contribution < 1.29 is 4.79 Å². The zero-order valence-corrected chi connectivity index (χ0v) is 12.9. The maximum Gasteiger partial charge on any atom is 0.141 e. The molecule has 0 amide bonds. The van der Waals surface area contributed by atoms with Crippen molar-refractivity contribution in [3.63, 3.8) is 0 Å². The topological polar surface area (TPSA) is 17.1 Å². The molecule has 0 spiro atoms. The number of rotatable bonds is 3. The van der Waals surface area contributed by atoms with Gasteiger partial charge in [-0.05, 0) is 58.5 Å². The summed E-state index contributed by atoms with van der Waals surface area (Å²) in [7, 11) is 0. The van der Waals surface area contributed by atoms with E-state index in [1.165, 1.54) is 17.7 Å². The van der Waals surface area contributed by atoms with Gasteiger partial charge in [0.2, 0.25) is 0 Å². The second kappa shape index (κ2) is 5.23. The van der Waals surface area contributed by atoms with Crippen molar-refractivity contribution in [1.29, 1.82) is 0 Å². The molecule has 0 aliphatic heterocycles. The van der Waals surface area contributed by atoms with Crippen LogP contribution in [0.3, 0.4) is 0 Å². The van der Waals surface area contributed by atoms with E-state index in [-0.39, 0.29) is 0 Å². The minimum Gasteiger partial charge on any atom is -0.299 e. The number of carbonyl (C=O) groups is 1. The Morgan fingerprint density at radius 1 is 1.47 bits per heavy atom. The average Bonchev–Trinajstić information content (AvgIpc) is 2.64. The molecule has 0 unspecified atom stereocenters. The van der Waals surface area contributed by atoms with Crippen LogP contribution in [0.4, 0.5) is 0 Å². The van der Waals surface area contributed by atoms with Gasteiger partial charge in [0, 0.05) is 21.7 Å². The highest BCUT2D eigenvalue weighted by atomic mass is 79.9. The van der Waals surface area contributed by atoms with Crippen molar-refractivity contribution in [2.45, 2.75) is 46.0 Å². The van der Waals surface area contributed by atoms with Crippen molar-refractivity contribution in [2.24, 2.45) is 11.3 Å². The van der Waals surface area contributed by atoms with E-state index in [2.05, 4.69) is 29.8 Å². The molecule has 2 rings (SSSR count). The first-order valence-corrected chi connectivity index (χ1v) is 7.90. The summed E-state index contributed by atoms with van der Waals surface area (Å²) in [5.74, 6) is 0.737. The van der Waals surface area contributed by atoms with Crippen LogP contribution in [0.5, 0.6) is 0 Å². The van der Waals surface area contributed by atoms with Crippen LogP contribution in [0, 0.1) is 11.3 Å². The minimum absolute atomic E-state index is 0.303. The number of hydrogen-bond acceptors (Lipinski definition) is 2. The van der Waals surface area contributed by atoms with Gasteiger partial charge in [-0.25, -0.2) is 0 Å². The molecule has 1 nitrogen and oxygen atoms in total. The van der Waals surface area contributed by atoms with E-state index in [9.17, 15) is 4.79 Å². The van der Waals surface area contributed by atoms with Gasteiger partial charge < -0.3 is 0 Å². The molecule has 1 aliphatic carbocycles. The molecular formula is C14H19BrOS. The first kappa shape index (κ1) is 13.3. The summed E-state index contributed by atoms with van der Waals surface area (Å²) in [5, 5.41) is 2.04. The molecule has 94 valence electrons. The van der Waals surface area contributed by atoms with E-state index in [1.54, 1.807) is 11.3 Å². The zero-order valence-electron chi connectivity index (χ0n) is 10.5. The normalized spacial score (nSPS) is 20.4. The number of ketones is 1. The fourth-order valence-corrected chi connectivity index (χ4v) is 3.98. The van der Waals surface area contributed by atoms with Gasteiger partial charge in [0.1, 0.15) is 5.78 Å². The molecule has 0 bridgehead atoms. The molecule has 17 heavy (non-hydrogen) atoms. The van der Waals surface area contributed by atoms with Gasteiger partial charge in [-0.1, -0.05) is 13.8 Å². The highest BCUT2D eigenvalue weighted by Crippen LogP contribution is 2.39. The Labute approximate surface area is 116 Å². The van der Waals surface area contributed by atoms with Crippen LogP contribution < -0.4 is 0 Å². The van der Waals surface area contributed by atoms with Gasteiger partial charge in [-0.3, -0.25) is 4.79 Å². The summed E-state index contributed by atoms with van der Waals surface area (Å²) in [6.07, 6.45) is 5.15. The summed E-state index contributed by atoms with van der Waals surface area (Å²) in [6, 6.07) is 2.03. The Kier molecular flexibility index (Phi) is 4.09. The number of Topliss-reactive ketones (excluding diaryl/α,β-unsaturated/α-hetero) is 1. The molecule has 0 N–H and O–H groups in total. The van der Waals surface area contributed by atoms with Gasteiger partial charge in [0.25, 0.3) is 0 Å². The first-order chi connectivity index (χ1) is 7.98. The molecule has 1 aromatic rings. The highest BCUT2D eigenvalue weighted by molar-refractivity contribution is 9.10. The van der Waals surface area contributed by atoms with E-state index in [1.807, 2.05) is 11.4 Å². The third-order valence-electron chi connectivity index (χ3n) is 3.82. The lowest BCUT2D eigenvalue weighted by Crippen LogP contribution is -2.27. The third kappa shape index (κ3) is 3.41. The molecule has 3 heteroatoms. The van der Waals surface area contributed by atoms with Crippen molar-refractivity contribution >= 4 is 33.0 Å². The van der Waals surface area contributed by atoms with Crippen LogP contribution in [-0.2, 0) is 11.2 Å². The minimum atomic E-state index is 0.303. The maximum atomic E-state index is 12.2. The van der Waals surface area contributed by atoms with Crippen LogP contribution in [-0.4, -0.2) is 5.78 Å². The number of carbonyl (C=O) groups excluding carboxylic acids is 1. The van der Waals surface area contributed by atoms with Crippen molar-refractivity contribution in [3.05, 3.63) is 20.8 Å². The Bertz CT molecular complexity index is 398. The quantitative estimate of drug-likeness (QED) is 0.780. The van der Waals surface area contributed by atoms with Crippen molar-refractivity contribution in [3.8, 4) is 0 Å². The molecule has 1 heterocycles. The summed E-state index contributed by atoms with van der Waals surface area (Å²) in [6.45, 7) is 4.62. The highest BCUT2D eigenvalue weighted by Gasteiger charge is 2.30. The molecule has 0 atom stereocenters. The summed E-state index contributed by atoms with van der Waals surface area (Å²) >= 11 is 5.17. The largest absolute Gasteiger partial charge is 0.299 e. The Hall–Kier alpha value is -0.150. The van der Waals surface area contributed by atoms with Crippen LogP contribution >= 0.6 is 27.3 Å². The molecule has 1 fully saturated rings. The lowest BCUT2D eigenvalue weighted by molar-refractivity contribution is -0.123. The molecule has 1 aromatic heterocycles. The predicted octanol–water partition coefficient (Wildman–Crippen LogP) is 4.84. The van der Waals surface area contributed by atoms with E-state index >= 15 is 0 Å². The molecule has 0 aromatic carbocycles. The lowest BCUT2D eigenvalue weighted by Gasteiger charge is -2.33. The van der Waals surface area contributed by atoms with Crippen LogP contribution in [0.2, 0.25) is 0 Å². The number of thiophene rings is 1. The fourth-order valence-electron chi connectivity index (χ4n) is 2.48. The van der Waals surface area contributed by atoms with Gasteiger partial charge >= 0.3 is 0 Å². The Balaban J connectivity index is 1.92. The lowest BCUT2D eigenvalue weighted by atomic mass is 9.71. The summed E-state index contributed by atoms with van der Waals surface area (Å²) in [4.78, 5) is 13.4. The van der Waals surface area contributed by atoms with E-state index in [0.717, 1.165) is 17.3 Å². The first-order valence-electron chi connectivity index (χ1n) is 6.22. The SMILES string of the molecule is CC1(C)CCC(C(=O)Cc2sccc2Br)CC1. The van der Waals surface area contributed by atoms with Gasteiger partial charge in [0.05, 0.1) is 0 Å². The van der Waals surface area contributed by atoms with Gasteiger partial charge in [-0.15, -0.1) is 11.3 Å². The van der Waals surface area contributed by atoms with Crippen molar-refractivity contribution in [2.75, 3.05) is 0 Å². The second-order valence-corrected chi connectivity index (χ2v) is 7.63. The van der Waals surface area contributed by atoms with Gasteiger partial charge in [0.15, 0.2) is 0 Å². The van der Waals surface area contributed by atoms with Crippen molar-refractivity contribution in [1.82, 2.24) is 0 Å². The van der Waals surface area contributed by atoms with Crippen LogP contribution in [0.1, 0.15) is 44.4 Å². The monoisotopic (exact) mass is 314 g/mol. The Morgan fingerprint density at radius 3 is 2.65 bits per heavy atom. The fraction of sp³-hybridized carbons (Fsp3) is 0.643. The van der Waals surface area contributed by atoms with E-state index in [0.29, 0.717) is 23.5 Å². The standard InChI is InChI=1S/C14H19BrOS/c1-14(2)6-3-10(4-7-14)12(16)9-13-11(15)5-8-17-13/h5,8,10H,3-4,6-7,9H2,1-2H3. The summed E-state index contributed by atoms with van der Waals surface area (Å²) < 4.78 is 1.09. The molecular weight excluding hydrogens is 296 g/mol. The molecule has 0 radical (unpaired) electrons. The second-order valence-electron chi connectivity index (χ2n) is 5.77. The molecule has 1 saturated carbocycles. The van der Waals surface area contributed by atoms with E-state index < -0.39 is 0 Å². The zero-order chi connectivity index (χ0) is 12.5. The number of halogens is 1. The summed E-state index contributed by atoms with van der Waals surface area (Å²) in [5.41, 5.74) is 0.445. The van der Waals surface area contributed by atoms with Crippen LogP contribution in [0.15, 0.2) is 15.9 Å². The molecule has 1 aliphatic rings.